The minimum Gasteiger partial charge on any atom is -0.413 e. The van der Waals surface area contributed by atoms with E-state index < -0.39 is 12.7 Å². The molecule has 0 aliphatic carbocycles. The molecule has 1 aliphatic heterocycles. The van der Waals surface area contributed by atoms with Gasteiger partial charge in [0.2, 0.25) is 0 Å². The summed E-state index contributed by atoms with van der Waals surface area (Å²) in [5.41, 5.74) is 0.943. The van der Waals surface area contributed by atoms with Gasteiger partial charge in [-0.1, -0.05) is 30.3 Å². The molecule has 1 fully saturated rings. The smallest absolute Gasteiger partial charge is 0.413 e. The quantitative estimate of drug-likeness (QED) is 0.519. The van der Waals surface area contributed by atoms with Crippen LogP contribution in [0.3, 0.4) is 0 Å². The van der Waals surface area contributed by atoms with Crippen molar-refractivity contribution in [2.24, 2.45) is 0 Å². The highest BCUT2D eigenvalue weighted by Crippen LogP contribution is 2.50. The Morgan fingerprint density at radius 2 is 1.87 bits per heavy atom. The average molecular weight is 334 g/mol. The number of nitro benzene ring substituents is 1. The molecule has 1 aliphatic rings. The minimum absolute atomic E-state index is 0.0599. The molecule has 1 saturated heterocycles. The van der Waals surface area contributed by atoms with Crippen LogP contribution in [0.15, 0.2) is 54.6 Å². The maximum absolute atomic E-state index is 12.7. The maximum Gasteiger partial charge on any atom is 0.459 e. The first-order valence-corrected chi connectivity index (χ1v) is 8.61. The van der Waals surface area contributed by atoms with Gasteiger partial charge in [-0.15, -0.1) is 0 Å². The zero-order chi connectivity index (χ0) is 16.3. The van der Waals surface area contributed by atoms with E-state index in [0.29, 0.717) is 13.0 Å². The predicted molar refractivity (Wildman–Crippen MR) is 84.2 cm³/mol. The largest absolute Gasteiger partial charge is 0.459 e. The van der Waals surface area contributed by atoms with Crippen LogP contribution in [0.4, 0.5) is 5.69 Å². The van der Waals surface area contributed by atoms with Crippen molar-refractivity contribution in [3.05, 3.63) is 70.3 Å². The molecule has 1 heterocycles. The van der Waals surface area contributed by atoms with Crippen LogP contribution in [0.5, 0.6) is 5.75 Å². The molecule has 2 aromatic carbocycles. The van der Waals surface area contributed by atoms with Crippen LogP contribution in [-0.4, -0.2) is 11.5 Å². The predicted octanol–water partition coefficient (Wildman–Crippen LogP) is 3.83. The summed E-state index contributed by atoms with van der Waals surface area (Å²) in [5, 5.41) is 13.5. The lowest BCUT2D eigenvalue weighted by atomic mass is 10.1. The molecule has 0 radical (unpaired) electrons. The van der Waals surface area contributed by atoms with Gasteiger partial charge in [0.1, 0.15) is 5.75 Å². The number of benzene rings is 2. The van der Waals surface area contributed by atoms with Crippen molar-refractivity contribution in [2.75, 3.05) is 6.61 Å². The van der Waals surface area contributed by atoms with E-state index >= 15 is 0 Å². The van der Waals surface area contributed by atoms with Gasteiger partial charge in [-0.05, 0) is 24.1 Å². The summed E-state index contributed by atoms with van der Waals surface area (Å²) in [6, 6.07) is 14.9. The number of nitrogens with one attached hydrogen (secondary N) is 1. The van der Waals surface area contributed by atoms with Crippen LogP contribution in [0, 0.1) is 10.1 Å². The van der Waals surface area contributed by atoms with E-state index in [1.807, 2.05) is 30.3 Å². The SMILES string of the molecule is O=[N+]([O-])c1ccc(OP2(=O)NC(c3ccccc3)CCO2)cc1. The van der Waals surface area contributed by atoms with Gasteiger partial charge in [0.05, 0.1) is 11.5 Å². The zero-order valence-corrected chi connectivity index (χ0v) is 13.0. The van der Waals surface area contributed by atoms with Gasteiger partial charge < -0.3 is 4.52 Å². The molecule has 2 aromatic rings. The number of nitro groups is 1. The number of rotatable bonds is 4. The third-order valence-electron chi connectivity index (χ3n) is 3.46. The minimum atomic E-state index is -3.52. The molecular formula is C15H15N2O5P. The molecule has 0 bridgehead atoms. The average Bonchev–Trinajstić information content (AvgIpc) is 2.56. The van der Waals surface area contributed by atoms with E-state index in [1.54, 1.807) is 0 Å². The monoisotopic (exact) mass is 334 g/mol. The van der Waals surface area contributed by atoms with Gasteiger partial charge >= 0.3 is 7.75 Å². The van der Waals surface area contributed by atoms with Crippen molar-refractivity contribution in [2.45, 2.75) is 12.5 Å². The van der Waals surface area contributed by atoms with Crippen LogP contribution in [0.2, 0.25) is 0 Å². The number of non-ortho nitro benzene ring substituents is 1. The third-order valence-corrected chi connectivity index (χ3v) is 5.06. The molecule has 0 spiro atoms. The second-order valence-corrected chi connectivity index (χ2v) is 6.75. The Hall–Kier alpha value is -2.21. The molecule has 0 saturated carbocycles. The van der Waals surface area contributed by atoms with E-state index in [2.05, 4.69) is 5.09 Å². The van der Waals surface area contributed by atoms with Crippen molar-refractivity contribution >= 4 is 13.4 Å². The van der Waals surface area contributed by atoms with Crippen LogP contribution in [-0.2, 0) is 9.09 Å². The Kier molecular flexibility index (Phi) is 4.43. The van der Waals surface area contributed by atoms with Gasteiger partial charge in [0, 0.05) is 18.2 Å². The highest BCUT2D eigenvalue weighted by Gasteiger charge is 2.35. The molecule has 0 aromatic heterocycles. The van der Waals surface area contributed by atoms with Gasteiger partial charge in [0.15, 0.2) is 0 Å². The summed E-state index contributed by atoms with van der Waals surface area (Å²) >= 11 is 0. The summed E-state index contributed by atoms with van der Waals surface area (Å²) in [4.78, 5) is 10.1. The fraction of sp³-hybridized carbons (Fsp3) is 0.200. The lowest BCUT2D eigenvalue weighted by molar-refractivity contribution is -0.384. The van der Waals surface area contributed by atoms with Crippen molar-refractivity contribution in [1.29, 1.82) is 0 Å². The molecule has 2 atom stereocenters. The van der Waals surface area contributed by atoms with Crippen molar-refractivity contribution in [1.82, 2.24) is 5.09 Å². The summed E-state index contributed by atoms with van der Waals surface area (Å²) in [6.45, 7) is 0.302. The van der Waals surface area contributed by atoms with E-state index in [4.69, 9.17) is 9.05 Å². The van der Waals surface area contributed by atoms with Gasteiger partial charge in [0.25, 0.3) is 5.69 Å². The first kappa shape index (κ1) is 15.7. The molecule has 2 unspecified atom stereocenters. The Labute approximate surface area is 133 Å². The van der Waals surface area contributed by atoms with Crippen LogP contribution in [0.25, 0.3) is 0 Å². The van der Waals surface area contributed by atoms with Crippen molar-refractivity contribution in [3.8, 4) is 5.75 Å². The van der Waals surface area contributed by atoms with Crippen LogP contribution >= 0.6 is 7.75 Å². The zero-order valence-electron chi connectivity index (χ0n) is 12.1. The topological polar surface area (TPSA) is 90.7 Å². The molecule has 120 valence electrons. The van der Waals surface area contributed by atoms with Crippen molar-refractivity contribution < 1.29 is 18.5 Å². The fourth-order valence-electron chi connectivity index (χ4n) is 2.33. The lowest BCUT2D eigenvalue weighted by Crippen LogP contribution is -2.28. The van der Waals surface area contributed by atoms with E-state index in [9.17, 15) is 14.7 Å². The maximum atomic E-state index is 12.7. The van der Waals surface area contributed by atoms with Gasteiger partial charge in [-0.25, -0.2) is 9.65 Å². The highest BCUT2D eigenvalue weighted by molar-refractivity contribution is 7.52. The second kappa shape index (κ2) is 6.50. The highest BCUT2D eigenvalue weighted by atomic mass is 31.2. The molecule has 23 heavy (non-hydrogen) atoms. The summed E-state index contributed by atoms with van der Waals surface area (Å²) in [7, 11) is -3.52. The molecule has 7 nitrogen and oxygen atoms in total. The Balaban J connectivity index is 1.73. The Morgan fingerprint density at radius 1 is 1.17 bits per heavy atom. The van der Waals surface area contributed by atoms with E-state index in [1.165, 1.54) is 24.3 Å². The summed E-state index contributed by atoms with van der Waals surface area (Å²) in [6.07, 6.45) is 0.678. The van der Waals surface area contributed by atoms with Gasteiger partial charge in [-0.3, -0.25) is 14.6 Å². The molecule has 3 rings (SSSR count). The van der Waals surface area contributed by atoms with E-state index in [-0.39, 0.29) is 17.5 Å². The number of hydrogen-bond acceptors (Lipinski definition) is 5. The normalized spacial score (nSPS) is 24.1. The summed E-state index contributed by atoms with van der Waals surface area (Å²) in [5.74, 6) is 0.250. The Morgan fingerprint density at radius 3 is 2.52 bits per heavy atom. The molecular weight excluding hydrogens is 319 g/mol. The number of hydrogen-bond donors (Lipinski definition) is 1. The second-order valence-electron chi connectivity index (χ2n) is 5.05. The standard InChI is InChI=1S/C15H15N2O5P/c18-17(19)13-6-8-14(9-7-13)22-23(20)16-15(10-11-21-23)12-4-2-1-3-5-12/h1-9,15H,10-11H2,(H,16,20). The fourth-order valence-corrected chi connectivity index (χ4v) is 3.92. The molecule has 8 heteroatoms. The van der Waals surface area contributed by atoms with Crippen LogP contribution < -0.4 is 9.61 Å². The van der Waals surface area contributed by atoms with Gasteiger partial charge in [-0.2, -0.15) is 0 Å². The Bertz CT molecular complexity index is 735. The lowest BCUT2D eigenvalue weighted by Gasteiger charge is -2.30. The van der Waals surface area contributed by atoms with Crippen LogP contribution in [0.1, 0.15) is 18.0 Å². The van der Waals surface area contributed by atoms with E-state index in [0.717, 1.165) is 5.56 Å². The summed E-state index contributed by atoms with van der Waals surface area (Å²) < 4.78 is 23.4. The molecule has 0 amide bonds. The first-order valence-electron chi connectivity index (χ1n) is 7.07. The number of nitrogens with zero attached hydrogens (tertiary/aromatic N) is 1. The third kappa shape index (κ3) is 3.76. The van der Waals surface area contributed by atoms with Crippen molar-refractivity contribution in [3.63, 3.8) is 0 Å². The first-order chi connectivity index (χ1) is 11.1. The molecule has 1 N–H and O–H groups in total.